The van der Waals surface area contributed by atoms with Crippen LogP contribution in [0.15, 0.2) is 30.6 Å². The van der Waals surface area contributed by atoms with E-state index in [2.05, 4.69) is 15.2 Å². The highest BCUT2D eigenvalue weighted by atomic mass is 19.2. The zero-order valence-corrected chi connectivity index (χ0v) is 12.6. The normalized spacial score (nSPS) is 14.4. The molecule has 1 aliphatic rings. The Morgan fingerprint density at radius 1 is 1.22 bits per heavy atom. The number of halogens is 2. The molecular weight excluding hydrogens is 300 g/mol. The van der Waals surface area contributed by atoms with Crippen molar-refractivity contribution in [2.45, 2.75) is 32.2 Å². The molecule has 0 saturated heterocycles. The average Bonchev–Trinajstić information content (AvgIpc) is 3.13. The van der Waals surface area contributed by atoms with Crippen LogP contribution >= 0.6 is 0 Å². The summed E-state index contributed by atoms with van der Waals surface area (Å²) in [5.74, 6) is -0.0779. The van der Waals surface area contributed by atoms with Crippen LogP contribution < -0.4 is 0 Å². The van der Waals surface area contributed by atoms with Crippen molar-refractivity contribution in [1.29, 1.82) is 0 Å². The summed E-state index contributed by atoms with van der Waals surface area (Å²) < 4.78 is 30.1. The molecule has 5 nitrogen and oxygen atoms in total. The van der Waals surface area contributed by atoms with Crippen molar-refractivity contribution >= 4 is 0 Å². The number of rotatable bonds is 4. The Kier molecular flexibility index (Phi) is 3.21. The summed E-state index contributed by atoms with van der Waals surface area (Å²) in [5, 5.41) is 8.75. The fourth-order valence-electron chi connectivity index (χ4n) is 2.48. The molecule has 1 saturated carbocycles. The standard InChI is InChI=1S/C16H15F2N5/c1-2-22-9-11(8-19-22)16-20-15(10-3-4-10)21-23(16)12-5-6-13(17)14(18)7-12/h5-10H,2-4H2,1H3. The van der Waals surface area contributed by atoms with Gasteiger partial charge >= 0.3 is 0 Å². The lowest BCUT2D eigenvalue weighted by molar-refractivity contribution is 0.507. The molecule has 0 unspecified atom stereocenters. The molecule has 3 aromatic rings. The lowest BCUT2D eigenvalue weighted by atomic mass is 10.3. The minimum Gasteiger partial charge on any atom is -0.272 e. The highest BCUT2D eigenvalue weighted by Crippen LogP contribution is 2.39. The van der Waals surface area contributed by atoms with Crippen molar-refractivity contribution in [1.82, 2.24) is 24.5 Å². The van der Waals surface area contributed by atoms with Gasteiger partial charge in [-0.15, -0.1) is 0 Å². The second-order valence-electron chi connectivity index (χ2n) is 5.66. The molecule has 1 aromatic carbocycles. The summed E-state index contributed by atoms with van der Waals surface area (Å²) in [5.41, 5.74) is 1.25. The van der Waals surface area contributed by atoms with Crippen LogP contribution in [-0.4, -0.2) is 24.5 Å². The molecule has 1 aliphatic carbocycles. The van der Waals surface area contributed by atoms with E-state index in [0.29, 0.717) is 17.4 Å². The van der Waals surface area contributed by atoms with E-state index in [4.69, 9.17) is 0 Å². The summed E-state index contributed by atoms with van der Waals surface area (Å²) >= 11 is 0. The number of aryl methyl sites for hydroxylation is 1. The fourth-order valence-corrected chi connectivity index (χ4v) is 2.48. The maximum absolute atomic E-state index is 13.6. The quantitative estimate of drug-likeness (QED) is 0.742. The Hall–Kier alpha value is -2.57. The van der Waals surface area contributed by atoms with Crippen LogP contribution in [0, 0.1) is 11.6 Å². The van der Waals surface area contributed by atoms with E-state index in [-0.39, 0.29) is 0 Å². The van der Waals surface area contributed by atoms with E-state index in [0.717, 1.165) is 42.9 Å². The van der Waals surface area contributed by atoms with Crippen molar-refractivity contribution in [3.8, 4) is 17.1 Å². The first-order valence-electron chi connectivity index (χ1n) is 7.61. The largest absolute Gasteiger partial charge is 0.272 e. The number of aromatic nitrogens is 5. The van der Waals surface area contributed by atoms with Gasteiger partial charge < -0.3 is 0 Å². The van der Waals surface area contributed by atoms with Gasteiger partial charge in [-0.05, 0) is 31.9 Å². The molecule has 0 spiro atoms. The third kappa shape index (κ3) is 2.52. The number of nitrogens with zero attached hydrogens (tertiary/aromatic N) is 5. The Balaban J connectivity index is 1.85. The van der Waals surface area contributed by atoms with Gasteiger partial charge in [0.1, 0.15) is 0 Å². The molecule has 4 rings (SSSR count). The van der Waals surface area contributed by atoms with Crippen molar-refractivity contribution < 1.29 is 8.78 Å². The van der Waals surface area contributed by atoms with Crippen LogP contribution in [0.4, 0.5) is 8.78 Å². The van der Waals surface area contributed by atoms with Gasteiger partial charge in [0.15, 0.2) is 23.3 Å². The smallest absolute Gasteiger partial charge is 0.166 e. The summed E-state index contributed by atoms with van der Waals surface area (Å²) in [4.78, 5) is 4.60. The minimum atomic E-state index is -0.902. The Morgan fingerprint density at radius 3 is 2.70 bits per heavy atom. The molecule has 2 heterocycles. The Labute approximate surface area is 131 Å². The second kappa shape index (κ2) is 5.26. The lowest BCUT2D eigenvalue weighted by Crippen LogP contribution is -2.01. The summed E-state index contributed by atoms with van der Waals surface area (Å²) in [7, 11) is 0. The van der Waals surface area contributed by atoms with Gasteiger partial charge in [0, 0.05) is 24.7 Å². The van der Waals surface area contributed by atoms with Crippen LogP contribution in [0.5, 0.6) is 0 Å². The van der Waals surface area contributed by atoms with Gasteiger partial charge in [-0.3, -0.25) is 4.68 Å². The molecule has 0 aliphatic heterocycles. The SMILES string of the molecule is CCn1cc(-c2nc(C3CC3)nn2-c2ccc(F)c(F)c2)cn1. The third-order valence-corrected chi connectivity index (χ3v) is 3.93. The van der Waals surface area contributed by atoms with E-state index in [1.165, 1.54) is 6.07 Å². The highest BCUT2D eigenvalue weighted by Gasteiger charge is 2.30. The topological polar surface area (TPSA) is 48.5 Å². The van der Waals surface area contributed by atoms with Crippen LogP contribution in [0.1, 0.15) is 31.5 Å². The summed E-state index contributed by atoms with van der Waals surface area (Å²) in [6, 6.07) is 3.73. The Bertz CT molecular complexity index is 863. The zero-order chi connectivity index (χ0) is 16.0. The first-order chi connectivity index (χ1) is 11.2. The molecule has 0 atom stereocenters. The number of benzene rings is 1. The summed E-state index contributed by atoms with van der Waals surface area (Å²) in [6.07, 6.45) is 5.71. The molecule has 0 amide bonds. The fraction of sp³-hybridized carbons (Fsp3) is 0.312. The third-order valence-electron chi connectivity index (χ3n) is 3.93. The maximum atomic E-state index is 13.6. The minimum absolute atomic E-state index is 0.363. The number of hydrogen-bond donors (Lipinski definition) is 0. The van der Waals surface area contributed by atoms with Gasteiger partial charge in [0.2, 0.25) is 0 Å². The van der Waals surface area contributed by atoms with Gasteiger partial charge in [0.05, 0.1) is 17.4 Å². The highest BCUT2D eigenvalue weighted by molar-refractivity contribution is 5.56. The lowest BCUT2D eigenvalue weighted by Gasteiger charge is -2.05. The van der Waals surface area contributed by atoms with E-state index in [9.17, 15) is 8.78 Å². The molecule has 7 heteroatoms. The predicted octanol–water partition coefficient (Wildman–Crippen LogP) is 3.31. The van der Waals surface area contributed by atoms with E-state index in [1.807, 2.05) is 13.1 Å². The van der Waals surface area contributed by atoms with E-state index < -0.39 is 11.6 Å². The zero-order valence-electron chi connectivity index (χ0n) is 12.6. The van der Waals surface area contributed by atoms with Crippen LogP contribution in [0.3, 0.4) is 0 Å². The van der Waals surface area contributed by atoms with Crippen molar-refractivity contribution in [3.05, 3.63) is 48.1 Å². The molecule has 0 bridgehead atoms. The second-order valence-corrected chi connectivity index (χ2v) is 5.66. The van der Waals surface area contributed by atoms with Gasteiger partial charge in [-0.25, -0.2) is 18.4 Å². The first-order valence-corrected chi connectivity index (χ1v) is 7.61. The predicted molar refractivity (Wildman–Crippen MR) is 80.1 cm³/mol. The molecule has 2 aromatic heterocycles. The van der Waals surface area contributed by atoms with Gasteiger partial charge in [-0.2, -0.15) is 10.2 Å². The molecule has 0 N–H and O–H groups in total. The van der Waals surface area contributed by atoms with Crippen LogP contribution in [0.2, 0.25) is 0 Å². The summed E-state index contributed by atoms with van der Waals surface area (Å²) in [6.45, 7) is 2.74. The first kappa shape index (κ1) is 14.0. The average molecular weight is 315 g/mol. The number of hydrogen-bond acceptors (Lipinski definition) is 3. The van der Waals surface area contributed by atoms with Crippen molar-refractivity contribution in [2.75, 3.05) is 0 Å². The van der Waals surface area contributed by atoms with E-state index in [1.54, 1.807) is 15.6 Å². The van der Waals surface area contributed by atoms with Gasteiger partial charge in [-0.1, -0.05) is 0 Å². The molecular formula is C16H15F2N5. The molecule has 1 fully saturated rings. The van der Waals surface area contributed by atoms with Crippen molar-refractivity contribution in [2.24, 2.45) is 0 Å². The maximum Gasteiger partial charge on any atom is 0.166 e. The van der Waals surface area contributed by atoms with Crippen molar-refractivity contribution in [3.63, 3.8) is 0 Å². The van der Waals surface area contributed by atoms with E-state index >= 15 is 0 Å². The van der Waals surface area contributed by atoms with Crippen LogP contribution in [0.25, 0.3) is 17.1 Å². The molecule has 0 radical (unpaired) electrons. The van der Waals surface area contributed by atoms with Crippen LogP contribution in [-0.2, 0) is 6.54 Å². The Morgan fingerprint density at radius 2 is 2.04 bits per heavy atom. The molecule has 118 valence electrons. The molecule has 23 heavy (non-hydrogen) atoms. The monoisotopic (exact) mass is 315 g/mol. The van der Waals surface area contributed by atoms with Gasteiger partial charge in [0.25, 0.3) is 0 Å².